The summed E-state index contributed by atoms with van der Waals surface area (Å²) < 4.78 is 1.08. The van der Waals surface area contributed by atoms with Gasteiger partial charge in [-0.2, -0.15) is 0 Å². The van der Waals surface area contributed by atoms with E-state index in [0.29, 0.717) is 5.69 Å². The van der Waals surface area contributed by atoms with E-state index in [1.165, 1.54) is 24.4 Å². The highest BCUT2D eigenvalue weighted by Gasteiger charge is 2.10. The first-order chi connectivity index (χ1) is 13.1. The van der Waals surface area contributed by atoms with Crippen molar-refractivity contribution in [1.82, 2.24) is 4.98 Å². The third-order valence-corrected chi connectivity index (χ3v) is 5.04. The molecule has 0 radical (unpaired) electrons. The van der Waals surface area contributed by atoms with E-state index in [1.807, 2.05) is 48.5 Å². The topological polar surface area (TPSA) is 91.5 Å². The summed E-state index contributed by atoms with van der Waals surface area (Å²) in [7, 11) is 0. The van der Waals surface area contributed by atoms with Crippen LogP contribution in [-0.4, -0.2) is 16.1 Å². The Balaban J connectivity index is 1.75. The Morgan fingerprint density at radius 1 is 1.04 bits per heavy atom. The third kappa shape index (κ3) is 3.40. The van der Waals surface area contributed by atoms with Crippen molar-refractivity contribution < 1.29 is 10.0 Å². The van der Waals surface area contributed by atoms with Gasteiger partial charge < -0.3 is 5.11 Å². The molecule has 132 valence electrons. The third-order valence-electron chi connectivity index (χ3n) is 3.98. The summed E-state index contributed by atoms with van der Waals surface area (Å²) in [5.41, 5.74) is 2.42. The highest BCUT2D eigenvalue weighted by atomic mass is 32.1. The zero-order valence-corrected chi connectivity index (χ0v) is 14.7. The van der Waals surface area contributed by atoms with Crippen LogP contribution in [-0.2, 0) is 0 Å². The van der Waals surface area contributed by atoms with Gasteiger partial charge in [-0.3, -0.25) is 15.1 Å². The number of hydrogen-bond acceptors (Lipinski definition) is 6. The van der Waals surface area contributed by atoms with Crippen LogP contribution in [0, 0.1) is 10.1 Å². The van der Waals surface area contributed by atoms with Gasteiger partial charge in [-0.05, 0) is 29.8 Å². The van der Waals surface area contributed by atoms with Crippen LogP contribution in [0.15, 0.2) is 71.7 Å². The molecule has 0 fully saturated rings. The fourth-order valence-corrected chi connectivity index (χ4v) is 3.64. The van der Waals surface area contributed by atoms with E-state index in [-0.39, 0.29) is 17.0 Å². The van der Waals surface area contributed by atoms with Gasteiger partial charge >= 0.3 is 0 Å². The molecule has 0 aliphatic carbocycles. The van der Waals surface area contributed by atoms with Gasteiger partial charge in [-0.25, -0.2) is 4.98 Å². The summed E-state index contributed by atoms with van der Waals surface area (Å²) >= 11 is 1.56. The molecule has 1 heterocycles. The second-order valence-corrected chi connectivity index (χ2v) is 6.77. The lowest BCUT2D eigenvalue weighted by Gasteiger charge is -2.09. The SMILES string of the molecule is O=[N+]([O-])c1ccc([O-])c(C=Nc2ccccc2-c2nc3ccccc3s2)c1. The fourth-order valence-electron chi connectivity index (χ4n) is 2.64. The maximum atomic E-state index is 12.0. The van der Waals surface area contributed by atoms with Crippen LogP contribution in [0.1, 0.15) is 5.56 Å². The van der Waals surface area contributed by atoms with Gasteiger partial charge in [0.25, 0.3) is 5.69 Å². The summed E-state index contributed by atoms with van der Waals surface area (Å²) in [5.74, 6) is -0.318. The molecule has 0 spiro atoms. The molecule has 0 bridgehead atoms. The van der Waals surface area contributed by atoms with Gasteiger partial charge in [0, 0.05) is 23.9 Å². The quantitative estimate of drug-likeness (QED) is 0.294. The lowest BCUT2D eigenvalue weighted by Crippen LogP contribution is -1.98. The average molecular weight is 374 g/mol. The van der Waals surface area contributed by atoms with Crippen LogP contribution in [0.4, 0.5) is 11.4 Å². The Kier molecular flexibility index (Phi) is 4.35. The van der Waals surface area contributed by atoms with Crippen LogP contribution in [0.5, 0.6) is 5.75 Å². The predicted octanol–water partition coefficient (Wildman–Crippen LogP) is 4.70. The number of nitro groups is 1. The Morgan fingerprint density at radius 3 is 2.63 bits per heavy atom. The molecule has 4 rings (SSSR count). The molecule has 0 aliphatic heterocycles. The van der Waals surface area contributed by atoms with E-state index >= 15 is 0 Å². The van der Waals surface area contributed by atoms with Gasteiger partial charge in [-0.1, -0.05) is 36.1 Å². The summed E-state index contributed by atoms with van der Waals surface area (Å²) in [6.45, 7) is 0. The smallest absolute Gasteiger partial charge is 0.270 e. The van der Waals surface area contributed by atoms with Crippen LogP contribution in [0.3, 0.4) is 0 Å². The second-order valence-electron chi connectivity index (χ2n) is 5.74. The molecule has 27 heavy (non-hydrogen) atoms. The van der Waals surface area contributed by atoms with Crippen molar-refractivity contribution in [3.63, 3.8) is 0 Å². The number of nitro benzene ring substituents is 1. The maximum Gasteiger partial charge on any atom is 0.270 e. The number of nitrogens with zero attached hydrogens (tertiary/aromatic N) is 3. The highest BCUT2D eigenvalue weighted by molar-refractivity contribution is 7.21. The van der Waals surface area contributed by atoms with Gasteiger partial charge in [0.2, 0.25) is 0 Å². The molecular formula is C20H12N3O3S-. The van der Waals surface area contributed by atoms with E-state index in [9.17, 15) is 15.2 Å². The molecule has 0 saturated carbocycles. The number of non-ortho nitro benzene ring substituents is 1. The average Bonchev–Trinajstić information content (AvgIpc) is 3.11. The minimum Gasteiger partial charge on any atom is -0.872 e. The van der Waals surface area contributed by atoms with Crippen molar-refractivity contribution in [2.75, 3.05) is 0 Å². The molecule has 0 N–H and O–H groups in total. The lowest BCUT2D eigenvalue weighted by atomic mass is 10.1. The molecule has 7 heteroatoms. The largest absolute Gasteiger partial charge is 0.872 e. The summed E-state index contributed by atoms with van der Waals surface area (Å²) in [6.07, 6.45) is 1.36. The van der Waals surface area contributed by atoms with Gasteiger partial charge in [0.15, 0.2) is 0 Å². The van der Waals surface area contributed by atoms with E-state index in [0.717, 1.165) is 20.8 Å². The Bertz CT molecular complexity index is 1150. The van der Waals surface area contributed by atoms with Crippen LogP contribution >= 0.6 is 11.3 Å². The normalized spacial score (nSPS) is 11.3. The minimum absolute atomic E-state index is 0.143. The van der Waals surface area contributed by atoms with Gasteiger partial charge in [-0.15, -0.1) is 11.3 Å². The zero-order chi connectivity index (χ0) is 18.8. The number of aliphatic imine (C=N–C) groups is 1. The molecule has 4 aromatic rings. The molecule has 0 atom stereocenters. The van der Waals surface area contributed by atoms with E-state index in [1.54, 1.807) is 11.3 Å². The van der Waals surface area contributed by atoms with E-state index in [2.05, 4.69) is 9.98 Å². The number of hydrogen-bond donors (Lipinski definition) is 0. The van der Waals surface area contributed by atoms with Crippen LogP contribution < -0.4 is 5.11 Å². The lowest BCUT2D eigenvalue weighted by molar-refractivity contribution is -0.385. The summed E-state index contributed by atoms with van der Waals surface area (Å²) in [4.78, 5) is 19.4. The first-order valence-electron chi connectivity index (χ1n) is 8.06. The molecule has 0 amide bonds. The number of benzene rings is 3. The predicted molar refractivity (Wildman–Crippen MR) is 105 cm³/mol. The summed E-state index contributed by atoms with van der Waals surface area (Å²) in [5, 5.41) is 23.7. The van der Waals surface area contributed by atoms with Crippen molar-refractivity contribution in [1.29, 1.82) is 0 Å². The number of thiazole rings is 1. The van der Waals surface area contributed by atoms with Gasteiger partial charge in [0.1, 0.15) is 5.01 Å². The second kappa shape index (κ2) is 6.97. The Labute approximate surface area is 158 Å². The number of fused-ring (bicyclic) bond motifs is 1. The Hall–Kier alpha value is -3.58. The first-order valence-corrected chi connectivity index (χ1v) is 8.88. The molecule has 0 unspecified atom stereocenters. The molecule has 0 saturated heterocycles. The minimum atomic E-state index is -0.536. The van der Waals surface area contributed by atoms with Crippen LogP contribution in [0.25, 0.3) is 20.8 Å². The molecule has 1 aromatic heterocycles. The van der Waals surface area contributed by atoms with Crippen LogP contribution in [0.2, 0.25) is 0 Å². The fraction of sp³-hybridized carbons (Fsp3) is 0. The summed E-state index contributed by atoms with van der Waals surface area (Å²) in [6, 6.07) is 18.9. The van der Waals surface area contributed by atoms with Crippen molar-refractivity contribution >= 4 is 39.1 Å². The molecular weight excluding hydrogens is 362 g/mol. The van der Waals surface area contributed by atoms with E-state index < -0.39 is 4.92 Å². The number of rotatable bonds is 4. The van der Waals surface area contributed by atoms with Gasteiger partial charge in [0.05, 0.1) is 20.8 Å². The number of aromatic nitrogens is 1. The monoisotopic (exact) mass is 374 g/mol. The first kappa shape index (κ1) is 16.9. The van der Waals surface area contributed by atoms with Crippen molar-refractivity contribution in [2.45, 2.75) is 0 Å². The number of para-hydroxylation sites is 2. The highest BCUT2D eigenvalue weighted by Crippen LogP contribution is 2.35. The van der Waals surface area contributed by atoms with Crippen molar-refractivity contribution in [2.24, 2.45) is 4.99 Å². The molecule has 0 aliphatic rings. The van der Waals surface area contributed by atoms with Crippen molar-refractivity contribution in [3.8, 4) is 16.3 Å². The van der Waals surface area contributed by atoms with E-state index in [4.69, 9.17) is 0 Å². The maximum absolute atomic E-state index is 12.0. The molecule has 6 nitrogen and oxygen atoms in total. The zero-order valence-electron chi connectivity index (χ0n) is 13.9. The van der Waals surface area contributed by atoms with Crippen molar-refractivity contribution in [3.05, 3.63) is 82.4 Å². The molecule has 3 aromatic carbocycles. The Morgan fingerprint density at radius 2 is 1.81 bits per heavy atom. The standard InChI is InChI=1S/C20H13N3O3S/c24-18-10-9-14(23(25)26)11-13(18)12-21-16-6-2-1-5-15(16)20-22-17-7-3-4-8-19(17)27-20/h1-12,24H/p-1.